The number of nitrogens with zero attached hydrogens (tertiary/aromatic N) is 2. The van der Waals surface area contributed by atoms with Crippen LogP contribution in [0.3, 0.4) is 0 Å². The van der Waals surface area contributed by atoms with Crippen molar-refractivity contribution in [3.05, 3.63) is 63.7 Å². The molecule has 1 amide bonds. The van der Waals surface area contributed by atoms with Crippen LogP contribution in [-0.4, -0.2) is 17.0 Å². The number of carbonyl (C=O) groups is 1. The van der Waals surface area contributed by atoms with Crippen molar-refractivity contribution in [2.75, 3.05) is 0 Å². The first-order chi connectivity index (χ1) is 12.2. The molecule has 0 aliphatic heterocycles. The molecule has 7 nitrogen and oxygen atoms in total. The summed E-state index contributed by atoms with van der Waals surface area (Å²) in [4.78, 5) is 20.8. The number of benzene rings is 2. The van der Waals surface area contributed by atoms with Crippen LogP contribution in [0.15, 0.2) is 47.6 Å². The van der Waals surface area contributed by atoms with Crippen molar-refractivity contribution in [2.45, 2.75) is 13.1 Å². The van der Waals surface area contributed by atoms with E-state index in [2.05, 4.69) is 10.5 Å². The quantitative estimate of drug-likeness (QED) is 0.493. The molecule has 0 saturated carbocycles. The van der Waals surface area contributed by atoms with E-state index in [9.17, 15) is 28.1 Å². The Balaban J connectivity index is 2.21. The number of rotatable bonds is 5. The fourth-order valence-electron chi connectivity index (χ4n) is 1.87. The second-order valence-corrected chi connectivity index (χ2v) is 5.03. The summed E-state index contributed by atoms with van der Waals surface area (Å²) in [5, 5.41) is 14.7. The molecule has 0 aromatic heterocycles. The number of nitrogens with one attached hydrogen (secondary N) is 1. The van der Waals surface area contributed by atoms with E-state index in [1.807, 2.05) is 0 Å². The van der Waals surface area contributed by atoms with E-state index < -0.39 is 22.4 Å². The highest BCUT2D eigenvalue weighted by Crippen LogP contribution is 2.37. The smallest absolute Gasteiger partial charge is 0.416 e. The molecule has 0 radical (unpaired) electrons. The summed E-state index contributed by atoms with van der Waals surface area (Å²) in [5.74, 6) is -0.469. The molecule has 0 spiro atoms. The Morgan fingerprint density at radius 1 is 1.23 bits per heavy atom. The Hall–Kier alpha value is -3.43. The molecular formula is C16H12F3N3O4. The number of amides is 1. The molecular weight excluding hydrogens is 355 g/mol. The summed E-state index contributed by atoms with van der Waals surface area (Å²) < 4.78 is 43.4. The number of carbonyl (C=O) groups excluding carboxylic acids is 1. The molecule has 0 atom stereocenters. The van der Waals surface area contributed by atoms with Gasteiger partial charge < -0.3 is 4.74 Å². The van der Waals surface area contributed by atoms with Crippen LogP contribution in [0.1, 0.15) is 18.1 Å². The molecule has 2 rings (SSSR count). The molecule has 0 fully saturated rings. The highest BCUT2D eigenvalue weighted by Gasteiger charge is 2.33. The van der Waals surface area contributed by atoms with Gasteiger partial charge in [-0.05, 0) is 42.0 Å². The first-order valence-corrected chi connectivity index (χ1v) is 7.10. The van der Waals surface area contributed by atoms with Crippen molar-refractivity contribution in [1.29, 1.82) is 0 Å². The van der Waals surface area contributed by atoms with Crippen LogP contribution in [0, 0.1) is 10.1 Å². The summed E-state index contributed by atoms with van der Waals surface area (Å²) in [5.41, 5.74) is 0.890. The number of hydrogen-bond acceptors (Lipinski definition) is 5. The first kappa shape index (κ1) is 18.9. The maximum absolute atomic E-state index is 12.7. The van der Waals surface area contributed by atoms with Gasteiger partial charge in [0.2, 0.25) is 11.7 Å². The lowest BCUT2D eigenvalue weighted by molar-refractivity contribution is -0.385. The van der Waals surface area contributed by atoms with Crippen molar-refractivity contribution >= 4 is 17.8 Å². The number of alkyl halides is 3. The zero-order chi connectivity index (χ0) is 19.3. The monoisotopic (exact) mass is 367 g/mol. The predicted octanol–water partition coefficient (Wildman–Crippen LogP) is 3.88. The lowest BCUT2D eigenvalue weighted by Crippen LogP contribution is -2.12. The number of hydrazone groups is 1. The number of hydrogen-bond donors (Lipinski definition) is 1. The first-order valence-electron chi connectivity index (χ1n) is 7.10. The zero-order valence-electron chi connectivity index (χ0n) is 13.3. The Labute approximate surface area is 145 Å². The molecule has 0 aliphatic rings. The van der Waals surface area contributed by atoms with Gasteiger partial charge in [0.15, 0.2) is 0 Å². The maximum Gasteiger partial charge on any atom is 0.416 e. The maximum atomic E-state index is 12.7. The Morgan fingerprint density at radius 3 is 2.42 bits per heavy atom. The number of ether oxygens (including phenoxy) is 1. The second-order valence-electron chi connectivity index (χ2n) is 5.03. The van der Waals surface area contributed by atoms with Crippen LogP contribution >= 0.6 is 0 Å². The van der Waals surface area contributed by atoms with Gasteiger partial charge in [-0.15, -0.1) is 0 Å². The molecule has 0 bridgehead atoms. The van der Waals surface area contributed by atoms with Crippen LogP contribution in [0.5, 0.6) is 11.5 Å². The van der Waals surface area contributed by atoms with E-state index in [0.29, 0.717) is 17.7 Å². The molecule has 1 N–H and O–H groups in total. The van der Waals surface area contributed by atoms with Gasteiger partial charge in [0.25, 0.3) is 0 Å². The van der Waals surface area contributed by atoms with Crippen molar-refractivity contribution in [1.82, 2.24) is 5.43 Å². The minimum absolute atomic E-state index is 0.185. The van der Waals surface area contributed by atoms with Gasteiger partial charge in [0.05, 0.1) is 16.7 Å². The lowest BCUT2D eigenvalue weighted by atomic mass is 10.2. The third-order valence-electron chi connectivity index (χ3n) is 3.03. The highest BCUT2D eigenvalue weighted by molar-refractivity contribution is 5.81. The molecule has 2 aromatic carbocycles. The average molecular weight is 367 g/mol. The van der Waals surface area contributed by atoms with E-state index in [4.69, 9.17) is 4.74 Å². The molecule has 2 aromatic rings. The molecule has 0 saturated heterocycles. The van der Waals surface area contributed by atoms with Gasteiger partial charge in [-0.2, -0.15) is 18.3 Å². The molecule has 0 unspecified atom stereocenters. The van der Waals surface area contributed by atoms with E-state index in [-0.39, 0.29) is 17.4 Å². The van der Waals surface area contributed by atoms with Gasteiger partial charge >= 0.3 is 11.9 Å². The van der Waals surface area contributed by atoms with E-state index in [1.165, 1.54) is 25.3 Å². The Bertz CT molecular complexity index is 849. The summed E-state index contributed by atoms with van der Waals surface area (Å²) >= 11 is 0. The average Bonchev–Trinajstić information content (AvgIpc) is 2.55. The Morgan fingerprint density at radius 2 is 1.88 bits per heavy atom. The van der Waals surface area contributed by atoms with Gasteiger partial charge in [-0.1, -0.05) is 0 Å². The van der Waals surface area contributed by atoms with Crippen LogP contribution < -0.4 is 10.2 Å². The standard InChI is InChI=1S/C16H12F3N3O4/c1-10(23)21-20-9-11-2-5-13(6-3-11)26-15-7-4-12(16(17,18)19)8-14(15)22(24)25/h2-9H,1H3,(H,21,23)/b20-9-. The molecule has 0 aliphatic carbocycles. The van der Waals surface area contributed by atoms with Crippen LogP contribution in [0.25, 0.3) is 0 Å². The zero-order valence-corrected chi connectivity index (χ0v) is 13.3. The minimum Gasteiger partial charge on any atom is -0.450 e. The van der Waals surface area contributed by atoms with Gasteiger partial charge in [0.1, 0.15) is 5.75 Å². The Kier molecular flexibility index (Phi) is 5.55. The molecule has 136 valence electrons. The fourth-order valence-corrected chi connectivity index (χ4v) is 1.87. The van der Waals surface area contributed by atoms with E-state index >= 15 is 0 Å². The van der Waals surface area contributed by atoms with Gasteiger partial charge in [0, 0.05) is 13.0 Å². The molecule has 26 heavy (non-hydrogen) atoms. The number of nitro groups is 1. The van der Waals surface area contributed by atoms with Gasteiger partial charge in [-0.25, -0.2) is 5.43 Å². The minimum atomic E-state index is -4.70. The van der Waals surface area contributed by atoms with Crippen molar-refractivity contribution in [2.24, 2.45) is 5.10 Å². The summed E-state index contributed by atoms with van der Waals surface area (Å²) in [7, 11) is 0. The topological polar surface area (TPSA) is 93.8 Å². The van der Waals surface area contributed by atoms with Crippen molar-refractivity contribution < 1.29 is 27.6 Å². The van der Waals surface area contributed by atoms with Crippen LogP contribution in [0.4, 0.5) is 18.9 Å². The fraction of sp³-hybridized carbons (Fsp3) is 0.125. The van der Waals surface area contributed by atoms with Crippen molar-refractivity contribution in [3.63, 3.8) is 0 Å². The van der Waals surface area contributed by atoms with Crippen LogP contribution in [0.2, 0.25) is 0 Å². The SMILES string of the molecule is CC(=O)N/N=C\c1ccc(Oc2ccc(C(F)(F)F)cc2[N+](=O)[O-])cc1. The van der Waals surface area contributed by atoms with Crippen molar-refractivity contribution in [3.8, 4) is 11.5 Å². The predicted molar refractivity (Wildman–Crippen MR) is 86.0 cm³/mol. The van der Waals surface area contributed by atoms with Crippen LogP contribution in [-0.2, 0) is 11.0 Å². The van der Waals surface area contributed by atoms with E-state index in [0.717, 1.165) is 6.07 Å². The second kappa shape index (κ2) is 7.64. The summed E-state index contributed by atoms with van der Waals surface area (Å²) in [6, 6.07) is 8.04. The number of nitro benzene ring substituents is 1. The normalized spacial score (nSPS) is 11.4. The molecule has 0 heterocycles. The van der Waals surface area contributed by atoms with E-state index in [1.54, 1.807) is 12.1 Å². The third kappa shape index (κ3) is 5.03. The highest BCUT2D eigenvalue weighted by atomic mass is 19.4. The number of halogens is 3. The summed E-state index contributed by atoms with van der Waals surface area (Å²) in [6.07, 6.45) is -3.33. The largest absolute Gasteiger partial charge is 0.450 e. The van der Waals surface area contributed by atoms with Gasteiger partial charge in [-0.3, -0.25) is 14.9 Å². The third-order valence-corrected chi connectivity index (χ3v) is 3.03. The summed E-state index contributed by atoms with van der Waals surface area (Å²) in [6.45, 7) is 1.30. The lowest BCUT2D eigenvalue weighted by Gasteiger charge is -2.10. The molecule has 10 heteroatoms.